The van der Waals surface area contributed by atoms with Crippen LogP contribution in [0.2, 0.25) is 0 Å². The molecule has 0 aliphatic rings. The standard InChI is InChI=1S/C24H26N2O4/c1-28-13-14-29-22-11-5-9-20(15-22)25-17-24(27)26-21-10-6-12-23(16-21)30-18-19-7-3-2-4-8-19/h2-12,15-16,25H,13-14,17-18H2,1H3,(H,26,27). The lowest BCUT2D eigenvalue weighted by Gasteiger charge is -2.11. The van der Waals surface area contributed by atoms with E-state index in [1.54, 1.807) is 7.11 Å². The van der Waals surface area contributed by atoms with Crippen LogP contribution in [0.25, 0.3) is 0 Å². The molecule has 0 saturated carbocycles. The Kier molecular flexibility index (Phi) is 8.12. The fourth-order valence-electron chi connectivity index (χ4n) is 2.73. The summed E-state index contributed by atoms with van der Waals surface area (Å²) in [4.78, 5) is 12.3. The molecular weight excluding hydrogens is 380 g/mol. The van der Waals surface area contributed by atoms with Crippen molar-refractivity contribution in [2.24, 2.45) is 0 Å². The van der Waals surface area contributed by atoms with Crippen molar-refractivity contribution in [2.75, 3.05) is 37.5 Å². The van der Waals surface area contributed by atoms with Gasteiger partial charge in [0.05, 0.1) is 13.2 Å². The van der Waals surface area contributed by atoms with Crippen molar-refractivity contribution in [3.8, 4) is 11.5 Å². The van der Waals surface area contributed by atoms with Crippen LogP contribution < -0.4 is 20.1 Å². The molecule has 156 valence electrons. The zero-order valence-electron chi connectivity index (χ0n) is 17.0. The van der Waals surface area contributed by atoms with Crippen molar-refractivity contribution in [3.05, 3.63) is 84.4 Å². The zero-order chi connectivity index (χ0) is 21.0. The quantitative estimate of drug-likeness (QED) is 0.464. The number of amides is 1. The van der Waals surface area contributed by atoms with E-state index in [-0.39, 0.29) is 12.5 Å². The summed E-state index contributed by atoms with van der Waals surface area (Å²) >= 11 is 0. The van der Waals surface area contributed by atoms with Crippen molar-refractivity contribution in [2.45, 2.75) is 6.61 Å². The summed E-state index contributed by atoms with van der Waals surface area (Å²) in [6, 6.07) is 24.8. The molecule has 0 spiro atoms. The Labute approximate surface area is 176 Å². The van der Waals surface area contributed by atoms with E-state index in [9.17, 15) is 4.79 Å². The predicted octanol–water partition coefficient (Wildman–Crippen LogP) is 4.34. The number of benzene rings is 3. The molecule has 0 aromatic heterocycles. The Bertz CT molecular complexity index is 931. The maximum absolute atomic E-state index is 12.3. The van der Waals surface area contributed by atoms with E-state index in [2.05, 4.69) is 10.6 Å². The average molecular weight is 406 g/mol. The molecule has 0 aliphatic carbocycles. The molecule has 0 unspecified atom stereocenters. The first-order valence-electron chi connectivity index (χ1n) is 9.75. The number of hydrogen-bond acceptors (Lipinski definition) is 5. The second-order valence-electron chi connectivity index (χ2n) is 6.57. The molecule has 3 aromatic rings. The summed E-state index contributed by atoms with van der Waals surface area (Å²) in [7, 11) is 1.63. The van der Waals surface area contributed by atoms with Gasteiger partial charge in [-0.1, -0.05) is 42.5 Å². The lowest BCUT2D eigenvalue weighted by atomic mass is 10.2. The van der Waals surface area contributed by atoms with Gasteiger partial charge in [0.2, 0.25) is 5.91 Å². The van der Waals surface area contributed by atoms with E-state index in [1.807, 2.05) is 78.9 Å². The summed E-state index contributed by atoms with van der Waals surface area (Å²) < 4.78 is 16.4. The molecule has 3 rings (SSSR count). The van der Waals surface area contributed by atoms with Gasteiger partial charge in [0.15, 0.2) is 0 Å². The Balaban J connectivity index is 1.47. The van der Waals surface area contributed by atoms with Crippen LogP contribution in [0.4, 0.5) is 11.4 Å². The maximum atomic E-state index is 12.3. The number of methoxy groups -OCH3 is 1. The Hall–Kier alpha value is -3.51. The molecule has 0 fully saturated rings. The molecule has 0 saturated heterocycles. The Morgan fingerprint density at radius 3 is 2.27 bits per heavy atom. The van der Waals surface area contributed by atoms with Gasteiger partial charge in [-0.15, -0.1) is 0 Å². The molecule has 1 amide bonds. The highest BCUT2D eigenvalue weighted by Crippen LogP contribution is 2.19. The van der Waals surface area contributed by atoms with Gasteiger partial charge in [0, 0.05) is 30.6 Å². The molecule has 30 heavy (non-hydrogen) atoms. The van der Waals surface area contributed by atoms with E-state index in [4.69, 9.17) is 14.2 Å². The summed E-state index contributed by atoms with van der Waals surface area (Å²) in [5.41, 5.74) is 2.58. The molecule has 3 aromatic carbocycles. The zero-order valence-corrected chi connectivity index (χ0v) is 17.0. The van der Waals surface area contributed by atoms with E-state index in [0.717, 1.165) is 17.0 Å². The van der Waals surface area contributed by atoms with Crippen LogP contribution >= 0.6 is 0 Å². The van der Waals surface area contributed by atoms with Gasteiger partial charge in [-0.3, -0.25) is 4.79 Å². The minimum absolute atomic E-state index is 0.136. The average Bonchev–Trinajstić information content (AvgIpc) is 2.78. The van der Waals surface area contributed by atoms with Gasteiger partial charge in [0.1, 0.15) is 24.7 Å². The van der Waals surface area contributed by atoms with E-state index < -0.39 is 0 Å². The lowest BCUT2D eigenvalue weighted by molar-refractivity contribution is -0.114. The van der Waals surface area contributed by atoms with E-state index >= 15 is 0 Å². The molecule has 0 radical (unpaired) electrons. The van der Waals surface area contributed by atoms with Crippen LogP contribution in [0.1, 0.15) is 5.56 Å². The fourth-order valence-corrected chi connectivity index (χ4v) is 2.73. The van der Waals surface area contributed by atoms with Crippen molar-refractivity contribution in [1.29, 1.82) is 0 Å². The van der Waals surface area contributed by atoms with E-state index in [0.29, 0.717) is 31.3 Å². The maximum Gasteiger partial charge on any atom is 0.243 e. The van der Waals surface area contributed by atoms with Crippen LogP contribution in [0.15, 0.2) is 78.9 Å². The summed E-state index contributed by atoms with van der Waals surface area (Å²) in [6.07, 6.45) is 0. The molecule has 0 aliphatic heterocycles. The van der Waals surface area contributed by atoms with Gasteiger partial charge >= 0.3 is 0 Å². The summed E-state index contributed by atoms with van der Waals surface area (Å²) in [6.45, 7) is 1.61. The number of ether oxygens (including phenoxy) is 3. The van der Waals surface area contributed by atoms with E-state index in [1.165, 1.54) is 0 Å². The molecular formula is C24H26N2O4. The van der Waals surface area contributed by atoms with Crippen molar-refractivity contribution >= 4 is 17.3 Å². The number of hydrogen-bond donors (Lipinski definition) is 2. The smallest absolute Gasteiger partial charge is 0.243 e. The van der Waals surface area contributed by atoms with Gasteiger partial charge in [0.25, 0.3) is 0 Å². The monoisotopic (exact) mass is 406 g/mol. The van der Waals surface area contributed by atoms with Crippen LogP contribution in [0.3, 0.4) is 0 Å². The van der Waals surface area contributed by atoms with Crippen LogP contribution in [-0.4, -0.2) is 32.8 Å². The third-order valence-corrected chi connectivity index (χ3v) is 4.21. The normalized spacial score (nSPS) is 10.3. The number of rotatable bonds is 11. The fraction of sp³-hybridized carbons (Fsp3) is 0.208. The predicted molar refractivity (Wildman–Crippen MR) is 118 cm³/mol. The van der Waals surface area contributed by atoms with Crippen LogP contribution in [0, 0.1) is 0 Å². The molecule has 0 atom stereocenters. The first-order chi connectivity index (χ1) is 14.7. The molecule has 0 heterocycles. The third kappa shape index (κ3) is 7.14. The molecule has 6 heteroatoms. The lowest BCUT2D eigenvalue weighted by Crippen LogP contribution is -2.21. The second kappa shape index (κ2) is 11.5. The van der Waals surface area contributed by atoms with Gasteiger partial charge in [-0.05, 0) is 29.8 Å². The third-order valence-electron chi connectivity index (χ3n) is 4.21. The number of carbonyl (C=O) groups is 1. The second-order valence-corrected chi connectivity index (χ2v) is 6.57. The van der Waals surface area contributed by atoms with Gasteiger partial charge < -0.3 is 24.8 Å². The number of anilines is 2. The first-order valence-corrected chi connectivity index (χ1v) is 9.75. The van der Waals surface area contributed by atoms with Crippen molar-refractivity contribution < 1.29 is 19.0 Å². The number of carbonyl (C=O) groups excluding carboxylic acids is 1. The molecule has 6 nitrogen and oxygen atoms in total. The summed E-state index contributed by atoms with van der Waals surface area (Å²) in [5.74, 6) is 1.27. The van der Waals surface area contributed by atoms with Gasteiger partial charge in [-0.25, -0.2) is 0 Å². The van der Waals surface area contributed by atoms with Crippen molar-refractivity contribution in [3.63, 3.8) is 0 Å². The minimum Gasteiger partial charge on any atom is -0.491 e. The topological polar surface area (TPSA) is 68.8 Å². The van der Waals surface area contributed by atoms with Gasteiger partial charge in [-0.2, -0.15) is 0 Å². The molecule has 0 bridgehead atoms. The highest BCUT2D eigenvalue weighted by atomic mass is 16.5. The first kappa shape index (κ1) is 21.2. The van der Waals surface area contributed by atoms with Crippen LogP contribution in [-0.2, 0) is 16.1 Å². The highest BCUT2D eigenvalue weighted by Gasteiger charge is 2.05. The van der Waals surface area contributed by atoms with Crippen LogP contribution in [0.5, 0.6) is 11.5 Å². The largest absolute Gasteiger partial charge is 0.491 e. The van der Waals surface area contributed by atoms with Crippen molar-refractivity contribution in [1.82, 2.24) is 0 Å². The highest BCUT2D eigenvalue weighted by molar-refractivity contribution is 5.93. The SMILES string of the molecule is COCCOc1cccc(NCC(=O)Nc2cccc(OCc3ccccc3)c2)c1. The summed E-state index contributed by atoms with van der Waals surface area (Å²) in [5, 5.41) is 5.98. The Morgan fingerprint density at radius 2 is 1.50 bits per heavy atom. The molecule has 2 N–H and O–H groups in total. The number of nitrogens with one attached hydrogen (secondary N) is 2. The minimum atomic E-state index is -0.152. The Morgan fingerprint density at radius 1 is 0.800 bits per heavy atom.